The second-order valence-corrected chi connectivity index (χ2v) is 3.09. The van der Waals surface area contributed by atoms with Crippen LogP contribution in [0.2, 0.25) is 0 Å². The van der Waals surface area contributed by atoms with Gasteiger partial charge >= 0.3 is 0 Å². The van der Waals surface area contributed by atoms with Crippen molar-refractivity contribution < 1.29 is 9.84 Å². The molecule has 0 aliphatic heterocycles. The molecule has 0 rings (SSSR count). The number of alkyl halides is 1. The largest absolute Gasteiger partial charge is 0.389 e. The summed E-state index contributed by atoms with van der Waals surface area (Å²) < 4.78 is 5.01. The standard InChI is InChI=1S/C7H13ClO2.C2H7N/c1-6(2)4-10-5-7(9)3-8;1-3-2/h7,9H,1,3-5H2,2H3;3H,1-2H3. The molecule has 0 heterocycles. The number of rotatable bonds is 5. The van der Waals surface area contributed by atoms with Crippen molar-refractivity contribution in [3.8, 4) is 0 Å². The van der Waals surface area contributed by atoms with Gasteiger partial charge < -0.3 is 15.2 Å². The normalized spacial score (nSPS) is 11.5. The van der Waals surface area contributed by atoms with Gasteiger partial charge in [-0.1, -0.05) is 12.2 Å². The minimum Gasteiger partial charge on any atom is -0.389 e. The van der Waals surface area contributed by atoms with Crippen molar-refractivity contribution in [3.05, 3.63) is 12.2 Å². The van der Waals surface area contributed by atoms with Crippen LogP contribution in [0.25, 0.3) is 0 Å². The molecule has 2 N–H and O–H groups in total. The third-order valence-electron chi connectivity index (χ3n) is 0.837. The van der Waals surface area contributed by atoms with Crippen LogP contribution in [-0.4, -0.2) is 44.4 Å². The van der Waals surface area contributed by atoms with Gasteiger partial charge in [-0.3, -0.25) is 0 Å². The number of ether oxygens (including phenoxy) is 1. The molecule has 1 unspecified atom stereocenters. The van der Waals surface area contributed by atoms with Gasteiger partial charge in [0.25, 0.3) is 0 Å². The molecule has 3 nitrogen and oxygen atoms in total. The van der Waals surface area contributed by atoms with E-state index in [0.717, 1.165) is 5.57 Å². The van der Waals surface area contributed by atoms with Crippen LogP contribution in [0, 0.1) is 0 Å². The lowest BCUT2D eigenvalue weighted by atomic mass is 10.4. The molecule has 0 aromatic heterocycles. The number of aliphatic hydroxyl groups excluding tert-OH is 1. The summed E-state index contributed by atoms with van der Waals surface area (Å²) in [4.78, 5) is 0. The highest BCUT2D eigenvalue weighted by Crippen LogP contribution is 1.92. The van der Waals surface area contributed by atoms with E-state index in [0.29, 0.717) is 6.61 Å². The molecule has 4 heteroatoms. The SMILES string of the molecule is C=C(C)COCC(O)CCl.CNC. The van der Waals surface area contributed by atoms with Gasteiger partial charge in [0.05, 0.1) is 25.2 Å². The summed E-state index contributed by atoms with van der Waals surface area (Å²) in [6.45, 7) is 6.29. The molecule has 80 valence electrons. The van der Waals surface area contributed by atoms with Crippen molar-refractivity contribution in [1.82, 2.24) is 5.32 Å². The van der Waals surface area contributed by atoms with E-state index >= 15 is 0 Å². The molecule has 0 saturated carbocycles. The lowest BCUT2D eigenvalue weighted by molar-refractivity contribution is 0.0590. The quantitative estimate of drug-likeness (QED) is 0.525. The molecular weight excluding hydrogens is 190 g/mol. The summed E-state index contributed by atoms with van der Waals surface area (Å²) in [6.07, 6.45) is -0.555. The maximum atomic E-state index is 8.88. The lowest BCUT2D eigenvalue weighted by Gasteiger charge is -2.06. The van der Waals surface area contributed by atoms with Crippen molar-refractivity contribution in [1.29, 1.82) is 0 Å². The molecule has 0 bridgehead atoms. The second kappa shape index (κ2) is 11.9. The highest BCUT2D eigenvalue weighted by Gasteiger charge is 2.00. The molecule has 0 aliphatic rings. The molecule has 0 aliphatic carbocycles. The van der Waals surface area contributed by atoms with Crippen LogP contribution >= 0.6 is 11.6 Å². The van der Waals surface area contributed by atoms with Gasteiger partial charge in [-0.2, -0.15) is 0 Å². The zero-order valence-electron chi connectivity index (χ0n) is 8.64. The van der Waals surface area contributed by atoms with Gasteiger partial charge in [-0.25, -0.2) is 0 Å². The van der Waals surface area contributed by atoms with Gasteiger partial charge in [0.15, 0.2) is 0 Å². The Morgan fingerprint density at radius 3 is 2.38 bits per heavy atom. The molecule has 0 aromatic carbocycles. The molecule has 13 heavy (non-hydrogen) atoms. The Morgan fingerprint density at radius 2 is 2.08 bits per heavy atom. The molecular formula is C9H20ClNO2. The van der Waals surface area contributed by atoms with E-state index in [1.807, 2.05) is 21.0 Å². The Balaban J connectivity index is 0. The minimum absolute atomic E-state index is 0.218. The molecule has 0 saturated heterocycles. The van der Waals surface area contributed by atoms with E-state index in [-0.39, 0.29) is 12.5 Å². The first-order valence-corrected chi connectivity index (χ1v) is 4.66. The van der Waals surface area contributed by atoms with Crippen molar-refractivity contribution in [3.63, 3.8) is 0 Å². The van der Waals surface area contributed by atoms with Crippen molar-refractivity contribution in [2.45, 2.75) is 13.0 Å². The summed E-state index contributed by atoms with van der Waals surface area (Å²) in [6, 6.07) is 0. The number of aliphatic hydroxyl groups is 1. The number of hydrogen-bond acceptors (Lipinski definition) is 3. The molecule has 0 spiro atoms. The van der Waals surface area contributed by atoms with Crippen LogP contribution < -0.4 is 5.32 Å². The van der Waals surface area contributed by atoms with Gasteiger partial charge in [-0.15, -0.1) is 11.6 Å². The van der Waals surface area contributed by atoms with E-state index in [2.05, 4.69) is 11.9 Å². The Hall–Kier alpha value is -0.0900. The Bertz CT molecular complexity index is 120. The Kier molecular flexibility index (Phi) is 14.1. The fourth-order valence-corrected chi connectivity index (χ4v) is 0.503. The number of hydrogen-bond donors (Lipinski definition) is 2. The fraction of sp³-hybridized carbons (Fsp3) is 0.778. The lowest BCUT2D eigenvalue weighted by Crippen LogP contribution is -2.17. The van der Waals surface area contributed by atoms with E-state index < -0.39 is 6.10 Å². The average molecular weight is 210 g/mol. The van der Waals surface area contributed by atoms with Crippen LogP contribution in [0.15, 0.2) is 12.2 Å². The highest BCUT2D eigenvalue weighted by atomic mass is 35.5. The third kappa shape index (κ3) is 18.7. The predicted octanol–water partition coefficient (Wildman–Crippen LogP) is 1.01. The van der Waals surface area contributed by atoms with Crippen LogP contribution in [0.4, 0.5) is 0 Å². The number of halogens is 1. The van der Waals surface area contributed by atoms with Crippen molar-refractivity contribution >= 4 is 11.6 Å². The summed E-state index contributed by atoms with van der Waals surface area (Å²) in [5.74, 6) is 0.218. The monoisotopic (exact) mass is 209 g/mol. The molecule has 1 atom stereocenters. The van der Waals surface area contributed by atoms with Gasteiger partial charge in [0.1, 0.15) is 0 Å². The average Bonchev–Trinajstić information content (AvgIpc) is 2.05. The maximum absolute atomic E-state index is 8.88. The summed E-state index contributed by atoms with van der Waals surface area (Å²) >= 11 is 5.31. The molecule has 0 radical (unpaired) electrons. The second-order valence-electron chi connectivity index (χ2n) is 2.78. The minimum atomic E-state index is -0.555. The zero-order chi connectivity index (χ0) is 10.7. The first-order chi connectivity index (χ1) is 6.08. The molecule has 0 aromatic rings. The van der Waals surface area contributed by atoms with Crippen LogP contribution in [0.5, 0.6) is 0 Å². The Labute approximate surface area is 85.7 Å². The molecule has 0 amide bonds. The third-order valence-corrected chi connectivity index (χ3v) is 1.19. The van der Waals surface area contributed by atoms with Gasteiger partial charge in [0.2, 0.25) is 0 Å². The van der Waals surface area contributed by atoms with E-state index in [4.69, 9.17) is 21.4 Å². The molecule has 0 fully saturated rings. The maximum Gasteiger partial charge on any atom is 0.0908 e. The van der Waals surface area contributed by atoms with Gasteiger partial charge in [-0.05, 0) is 21.0 Å². The van der Waals surface area contributed by atoms with E-state index in [9.17, 15) is 0 Å². The Morgan fingerprint density at radius 1 is 1.62 bits per heavy atom. The van der Waals surface area contributed by atoms with Crippen LogP contribution in [0.3, 0.4) is 0 Å². The van der Waals surface area contributed by atoms with Gasteiger partial charge in [0, 0.05) is 0 Å². The predicted molar refractivity (Wildman–Crippen MR) is 57.3 cm³/mol. The topological polar surface area (TPSA) is 41.5 Å². The first kappa shape index (κ1) is 15.4. The smallest absolute Gasteiger partial charge is 0.0908 e. The van der Waals surface area contributed by atoms with Crippen molar-refractivity contribution in [2.75, 3.05) is 33.2 Å². The fourth-order valence-electron chi connectivity index (χ4n) is 0.414. The highest BCUT2D eigenvalue weighted by molar-refractivity contribution is 6.18. The first-order valence-electron chi connectivity index (χ1n) is 4.13. The van der Waals surface area contributed by atoms with Crippen LogP contribution in [-0.2, 0) is 4.74 Å². The van der Waals surface area contributed by atoms with Crippen LogP contribution in [0.1, 0.15) is 6.92 Å². The summed E-state index contributed by atoms with van der Waals surface area (Å²) in [5, 5.41) is 11.6. The summed E-state index contributed by atoms with van der Waals surface area (Å²) in [5.41, 5.74) is 0.946. The van der Waals surface area contributed by atoms with E-state index in [1.165, 1.54) is 0 Å². The van der Waals surface area contributed by atoms with E-state index in [1.54, 1.807) is 0 Å². The zero-order valence-corrected chi connectivity index (χ0v) is 9.40. The summed E-state index contributed by atoms with van der Waals surface area (Å²) in [7, 11) is 3.75. The number of nitrogens with one attached hydrogen (secondary N) is 1. The van der Waals surface area contributed by atoms with Crippen molar-refractivity contribution in [2.24, 2.45) is 0 Å².